The molecule has 0 bridgehead atoms. The van der Waals surface area contributed by atoms with E-state index in [1.165, 1.54) is 6.07 Å². The first-order valence-corrected chi connectivity index (χ1v) is 9.37. The second-order valence-electron chi connectivity index (χ2n) is 6.88. The minimum atomic E-state index is -4.40. The van der Waals surface area contributed by atoms with Gasteiger partial charge in [-0.1, -0.05) is 37.3 Å². The van der Waals surface area contributed by atoms with Gasteiger partial charge in [0, 0.05) is 31.7 Å². The number of halogens is 3. The van der Waals surface area contributed by atoms with Gasteiger partial charge in [-0.3, -0.25) is 0 Å². The summed E-state index contributed by atoms with van der Waals surface area (Å²) < 4.78 is 39.4. The summed E-state index contributed by atoms with van der Waals surface area (Å²) in [5.41, 5.74) is 1.49. The number of piperazine rings is 1. The molecule has 0 radical (unpaired) electrons. The molecule has 4 nitrogen and oxygen atoms in total. The number of likely N-dealkylation sites (N-methyl/N-ethyl adjacent to an activating group) is 1. The van der Waals surface area contributed by atoms with Gasteiger partial charge in [-0.2, -0.15) is 13.2 Å². The van der Waals surface area contributed by atoms with Crippen molar-refractivity contribution in [1.29, 1.82) is 0 Å². The van der Waals surface area contributed by atoms with E-state index in [0.29, 0.717) is 11.2 Å². The van der Waals surface area contributed by atoms with Crippen LogP contribution in [-0.2, 0) is 6.18 Å². The van der Waals surface area contributed by atoms with Gasteiger partial charge in [-0.15, -0.1) is 0 Å². The van der Waals surface area contributed by atoms with Crippen molar-refractivity contribution in [3.05, 3.63) is 54.1 Å². The maximum absolute atomic E-state index is 13.1. The number of hydrogen-bond acceptors (Lipinski definition) is 4. The molecule has 2 aromatic carbocycles. The van der Waals surface area contributed by atoms with Gasteiger partial charge in [0.1, 0.15) is 5.69 Å². The van der Waals surface area contributed by atoms with Crippen LogP contribution in [0, 0.1) is 0 Å². The average molecular weight is 386 g/mol. The molecule has 0 unspecified atom stereocenters. The molecule has 1 aromatic heterocycles. The summed E-state index contributed by atoms with van der Waals surface area (Å²) >= 11 is 0. The molecule has 3 aromatic rings. The Morgan fingerprint density at radius 2 is 1.61 bits per heavy atom. The minimum absolute atomic E-state index is 0.254. The standard InChI is InChI=1S/C21H21F3N4/c1-2-27-10-12-28(13-11-27)20-19(15-6-4-3-5-7-15)25-18-14-16(21(22,23)24)8-9-17(18)26-20/h3-9,14H,2,10-13H2,1H3. The third-order valence-electron chi connectivity index (χ3n) is 5.14. The predicted molar refractivity (Wildman–Crippen MR) is 104 cm³/mol. The Hall–Kier alpha value is -2.67. The number of aromatic nitrogens is 2. The van der Waals surface area contributed by atoms with E-state index in [0.717, 1.165) is 56.2 Å². The number of benzene rings is 2. The van der Waals surface area contributed by atoms with E-state index in [1.54, 1.807) is 0 Å². The fraction of sp³-hybridized carbons (Fsp3) is 0.333. The summed E-state index contributed by atoms with van der Waals surface area (Å²) in [6.07, 6.45) is -4.40. The molecule has 1 aliphatic rings. The monoisotopic (exact) mass is 386 g/mol. The fourth-order valence-electron chi connectivity index (χ4n) is 3.51. The lowest BCUT2D eigenvalue weighted by atomic mass is 10.1. The van der Waals surface area contributed by atoms with Crippen LogP contribution in [0.25, 0.3) is 22.3 Å². The van der Waals surface area contributed by atoms with Gasteiger partial charge in [-0.05, 0) is 24.7 Å². The molecule has 1 saturated heterocycles. The van der Waals surface area contributed by atoms with Gasteiger partial charge in [-0.25, -0.2) is 9.97 Å². The van der Waals surface area contributed by atoms with E-state index >= 15 is 0 Å². The normalized spacial score (nSPS) is 15.9. The highest BCUT2D eigenvalue weighted by molar-refractivity contribution is 5.84. The highest BCUT2D eigenvalue weighted by Gasteiger charge is 2.31. The highest BCUT2D eigenvalue weighted by atomic mass is 19.4. The summed E-state index contributed by atoms with van der Waals surface area (Å²) in [4.78, 5) is 13.9. The van der Waals surface area contributed by atoms with E-state index in [1.807, 2.05) is 30.3 Å². The van der Waals surface area contributed by atoms with E-state index in [2.05, 4.69) is 21.7 Å². The van der Waals surface area contributed by atoms with Gasteiger partial charge in [0.05, 0.1) is 16.6 Å². The van der Waals surface area contributed by atoms with Crippen LogP contribution in [0.15, 0.2) is 48.5 Å². The third kappa shape index (κ3) is 3.67. The first-order chi connectivity index (χ1) is 13.5. The molecule has 0 N–H and O–H groups in total. The van der Waals surface area contributed by atoms with Crippen LogP contribution in [0.4, 0.5) is 19.0 Å². The molecule has 146 valence electrons. The maximum Gasteiger partial charge on any atom is 0.416 e. The molecular formula is C21H21F3N4. The van der Waals surface area contributed by atoms with Gasteiger partial charge < -0.3 is 9.80 Å². The van der Waals surface area contributed by atoms with Crippen LogP contribution >= 0.6 is 0 Å². The Morgan fingerprint density at radius 1 is 0.893 bits per heavy atom. The molecule has 1 fully saturated rings. The maximum atomic E-state index is 13.1. The third-order valence-corrected chi connectivity index (χ3v) is 5.14. The molecule has 0 aliphatic carbocycles. The smallest absolute Gasteiger partial charge is 0.352 e. The zero-order chi connectivity index (χ0) is 19.7. The number of alkyl halides is 3. The van der Waals surface area contributed by atoms with Gasteiger partial charge in [0.2, 0.25) is 0 Å². The summed E-state index contributed by atoms with van der Waals surface area (Å²) in [5.74, 6) is 0.731. The Kier molecular flexibility index (Phi) is 4.93. The Labute approximate surface area is 161 Å². The highest BCUT2D eigenvalue weighted by Crippen LogP contribution is 2.34. The molecule has 2 heterocycles. The van der Waals surface area contributed by atoms with Gasteiger partial charge >= 0.3 is 6.18 Å². The quantitative estimate of drug-likeness (QED) is 0.665. The van der Waals surface area contributed by atoms with Crippen molar-refractivity contribution >= 4 is 16.9 Å². The molecule has 0 atom stereocenters. The average Bonchev–Trinajstić information content (AvgIpc) is 2.72. The zero-order valence-electron chi connectivity index (χ0n) is 15.6. The van der Waals surface area contributed by atoms with Crippen molar-refractivity contribution in [2.45, 2.75) is 13.1 Å². The second kappa shape index (κ2) is 7.39. The van der Waals surface area contributed by atoms with E-state index in [4.69, 9.17) is 4.98 Å². The SMILES string of the molecule is CCN1CCN(c2nc3ccc(C(F)(F)F)cc3nc2-c2ccccc2)CC1. The topological polar surface area (TPSA) is 32.3 Å². The number of rotatable bonds is 3. The van der Waals surface area contributed by atoms with E-state index < -0.39 is 11.7 Å². The lowest BCUT2D eigenvalue weighted by molar-refractivity contribution is -0.137. The Morgan fingerprint density at radius 3 is 2.25 bits per heavy atom. The predicted octanol–water partition coefficient (Wildman–Crippen LogP) is 4.46. The Balaban J connectivity index is 1.83. The minimum Gasteiger partial charge on any atom is -0.352 e. The number of nitrogens with zero attached hydrogens (tertiary/aromatic N) is 4. The number of hydrogen-bond donors (Lipinski definition) is 0. The van der Waals surface area contributed by atoms with Crippen molar-refractivity contribution in [2.24, 2.45) is 0 Å². The summed E-state index contributed by atoms with van der Waals surface area (Å²) in [7, 11) is 0. The summed E-state index contributed by atoms with van der Waals surface area (Å²) in [5, 5.41) is 0. The molecule has 1 aliphatic heterocycles. The van der Waals surface area contributed by atoms with Crippen molar-refractivity contribution in [1.82, 2.24) is 14.9 Å². The van der Waals surface area contributed by atoms with Crippen LogP contribution in [0.1, 0.15) is 12.5 Å². The van der Waals surface area contributed by atoms with Crippen LogP contribution in [0.2, 0.25) is 0 Å². The molecule has 0 saturated carbocycles. The van der Waals surface area contributed by atoms with Gasteiger partial charge in [0.25, 0.3) is 0 Å². The number of fused-ring (bicyclic) bond motifs is 1. The fourth-order valence-corrected chi connectivity index (χ4v) is 3.51. The Bertz CT molecular complexity index is 965. The van der Waals surface area contributed by atoms with Crippen LogP contribution in [0.3, 0.4) is 0 Å². The summed E-state index contributed by atoms with van der Waals surface area (Å²) in [6, 6.07) is 13.1. The lowest BCUT2D eigenvalue weighted by Gasteiger charge is -2.35. The van der Waals surface area contributed by atoms with Gasteiger partial charge in [0.15, 0.2) is 5.82 Å². The zero-order valence-corrected chi connectivity index (χ0v) is 15.6. The summed E-state index contributed by atoms with van der Waals surface area (Å²) in [6.45, 7) is 6.63. The van der Waals surface area contributed by atoms with E-state index in [9.17, 15) is 13.2 Å². The van der Waals surface area contributed by atoms with Crippen LogP contribution in [0.5, 0.6) is 0 Å². The first-order valence-electron chi connectivity index (χ1n) is 9.37. The second-order valence-corrected chi connectivity index (χ2v) is 6.88. The molecule has 28 heavy (non-hydrogen) atoms. The molecular weight excluding hydrogens is 365 g/mol. The van der Waals surface area contributed by atoms with Crippen molar-refractivity contribution in [3.8, 4) is 11.3 Å². The lowest BCUT2D eigenvalue weighted by Crippen LogP contribution is -2.46. The molecule has 7 heteroatoms. The van der Waals surface area contributed by atoms with E-state index in [-0.39, 0.29) is 5.52 Å². The van der Waals surface area contributed by atoms with Crippen molar-refractivity contribution < 1.29 is 13.2 Å². The van der Waals surface area contributed by atoms with Crippen molar-refractivity contribution in [3.63, 3.8) is 0 Å². The van der Waals surface area contributed by atoms with Crippen LogP contribution in [-0.4, -0.2) is 47.6 Å². The number of anilines is 1. The molecule has 0 spiro atoms. The largest absolute Gasteiger partial charge is 0.416 e. The first kappa shape index (κ1) is 18.7. The van der Waals surface area contributed by atoms with Crippen LogP contribution < -0.4 is 4.90 Å². The molecule has 4 rings (SSSR count). The van der Waals surface area contributed by atoms with Crippen molar-refractivity contribution in [2.75, 3.05) is 37.6 Å². The molecule has 0 amide bonds.